The maximum absolute atomic E-state index is 10.7. The van der Waals surface area contributed by atoms with E-state index in [1.165, 1.54) is 0 Å². The van der Waals surface area contributed by atoms with Crippen molar-refractivity contribution in [1.29, 1.82) is 0 Å². The number of nitrogens with one attached hydrogen (secondary N) is 1. The molecule has 1 aliphatic heterocycles. The van der Waals surface area contributed by atoms with Crippen molar-refractivity contribution in [2.24, 2.45) is 0 Å². The number of anilines is 1. The monoisotopic (exact) mass is 328 g/mol. The van der Waals surface area contributed by atoms with E-state index in [-0.39, 0.29) is 5.54 Å². The average Bonchev–Trinajstić information content (AvgIpc) is 2.11. The molecule has 0 radical (unpaired) electrons. The number of hydrogen-bond acceptors (Lipinski definition) is 2. The van der Waals surface area contributed by atoms with E-state index in [4.69, 9.17) is 12.2 Å². The third kappa shape index (κ3) is 2.68. The molecule has 1 atom stereocenters. The Bertz CT molecular complexity index is 488. The van der Waals surface area contributed by atoms with Crippen LogP contribution in [0.25, 0.3) is 0 Å². The molecule has 0 saturated carbocycles. The average molecular weight is 329 g/mol. The van der Waals surface area contributed by atoms with E-state index in [1.54, 1.807) is 11.8 Å². The topological polar surface area (TPSA) is 35.5 Å². The number of hydrogen-bond donors (Lipinski definition) is 2. The number of rotatable bonds is 1. The summed E-state index contributed by atoms with van der Waals surface area (Å²) in [6.07, 6.45) is 0.590. The summed E-state index contributed by atoms with van der Waals surface area (Å²) in [5, 5.41) is 14.5. The SMILES string of the molecule is CC1(C)CC(C)(O)N(c2cccc(Br)c2)C(=S)N1. The van der Waals surface area contributed by atoms with Gasteiger partial charge in [-0.05, 0) is 51.2 Å². The summed E-state index contributed by atoms with van der Waals surface area (Å²) in [6.45, 7) is 5.86. The minimum absolute atomic E-state index is 0.205. The van der Waals surface area contributed by atoms with Crippen molar-refractivity contribution in [3.8, 4) is 0 Å². The molecule has 18 heavy (non-hydrogen) atoms. The fourth-order valence-corrected chi connectivity index (χ4v) is 3.50. The molecule has 0 aromatic heterocycles. The van der Waals surface area contributed by atoms with Crippen LogP contribution in [0.5, 0.6) is 0 Å². The van der Waals surface area contributed by atoms with Gasteiger partial charge in [-0.3, -0.25) is 4.90 Å². The van der Waals surface area contributed by atoms with Crippen molar-refractivity contribution in [2.75, 3.05) is 4.90 Å². The van der Waals surface area contributed by atoms with Gasteiger partial charge >= 0.3 is 0 Å². The smallest absolute Gasteiger partial charge is 0.176 e. The molecule has 5 heteroatoms. The van der Waals surface area contributed by atoms with Crippen molar-refractivity contribution in [2.45, 2.75) is 38.5 Å². The van der Waals surface area contributed by atoms with Crippen LogP contribution >= 0.6 is 28.1 Å². The van der Waals surface area contributed by atoms with Gasteiger partial charge in [-0.15, -0.1) is 0 Å². The van der Waals surface area contributed by atoms with Gasteiger partial charge in [0.25, 0.3) is 0 Å². The molecule has 1 aromatic carbocycles. The first-order valence-corrected chi connectivity index (χ1v) is 7.02. The molecular weight excluding hydrogens is 312 g/mol. The summed E-state index contributed by atoms with van der Waals surface area (Å²) in [5.41, 5.74) is -0.321. The second-order valence-electron chi connectivity index (χ2n) is 5.52. The summed E-state index contributed by atoms with van der Waals surface area (Å²) < 4.78 is 0.962. The standard InChI is InChI=1S/C13H17BrN2OS/c1-12(2)8-13(3,17)16(11(18)15-12)10-6-4-5-9(14)7-10/h4-7,17H,8H2,1-3H3,(H,15,18). The molecular formula is C13H17BrN2OS. The Hall–Kier alpha value is -0.650. The first-order chi connectivity index (χ1) is 8.21. The zero-order chi connectivity index (χ0) is 13.6. The highest BCUT2D eigenvalue weighted by molar-refractivity contribution is 9.10. The van der Waals surface area contributed by atoms with E-state index in [0.29, 0.717) is 11.5 Å². The first kappa shape index (κ1) is 13.8. The van der Waals surface area contributed by atoms with Gasteiger partial charge in [-0.2, -0.15) is 0 Å². The Balaban J connectivity index is 2.41. The van der Waals surface area contributed by atoms with Gasteiger partial charge in [0, 0.05) is 22.1 Å². The Morgan fingerprint density at radius 1 is 1.39 bits per heavy atom. The quantitative estimate of drug-likeness (QED) is 0.777. The highest BCUT2D eigenvalue weighted by atomic mass is 79.9. The van der Waals surface area contributed by atoms with Gasteiger partial charge < -0.3 is 10.4 Å². The molecule has 1 aromatic rings. The van der Waals surface area contributed by atoms with E-state index in [1.807, 2.05) is 38.1 Å². The lowest BCUT2D eigenvalue weighted by molar-refractivity contribution is 0.0278. The fourth-order valence-electron chi connectivity index (χ4n) is 2.54. The third-order valence-electron chi connectivity index (χ3n) is 2.97. The van der Waals surface area contributed by atoms with Crippen LogP contribution in [0.2, 0.25) is 0 Å². The number of benzene rings is 1. The molecule has 1 aliphatic rings. The molecule has 0 bridgehead atoms. The zero-order valence-electron chi connectivity index (χ0n) is 10.7. The Kier molecular flexibility index (Phi) is 3.42. The predicted octanol–water partition coefficient (Wildman–Crippen LogP) is 3.02. The molecule has 2 N–H and O–H groups in total. The minimum Gasteiger partial charge on any atom is -0.371 e. The van der Waals surface area contributed by atoms with Gasteiger partial charge in [-0.25, -0.2) is 0 Å². The number of thiocarbonyl (C=S) groups is 1. The lowest BCUT2D eigenvalue weighted by atomic mass is 9.90. The van der Waals surface area contributed by atoms with Crippen LogP contribution in [-0.2, 0) is 0 Å². The van der Waals surface area contributed by atoms with E-state index in [2.05, 4.69) is 21.2 Å². The van der Waals surface area contributed by atoms with Crippen molar-refractivity contribution in [3.63, 3.8) is 0 Å². The van der Waals surface area contributed by atoms with Gasteiger partial charge in [0.2, 0.25) is 0 Å². The second kappa shape index (κ2) is 4.47. The molecule has 2 rings (SSSR count). The molecule has 98 valence electrons. The Morgan fingerprint density at radius 3 is 2.61 bits per heavy atom. The van der Waals surface area contributed by atoms with Gasteiger partial charge in [0.15, 0.2) is 5.11 Å². The van der Waals surface area contributed by atoms with Crippen molar-refractivity contribution in [3.05, 3.63) is 28.7 Å². The summed E-state index contributed by atoms with van der Waals surface area (Å²) in [6, 6.07) is 7.76. The zero-order valence-corrected chi connectivity index (χ0v) is 13.1. The second-order valence-corrected chi connectivity index (χ2v) is 6.83. The molecule has 1 saturated heterocycles. The van der Waals surface area contributed by atoms with Crippen LogP contribution in [0.1, 0.15) is 27.2 Å². The predicted molar refractivity (Wildman–Crippen MR) is 81.7 cm³/mol. The molecule has 3 nitrogen and oxygen atoms in total. The molecule has 0 spiro atoms. The lowest BCUT2D eigenvalue weighted by Crippen LogP contribution is -2.66. The van der Waals surface area contributed by atoms with Crippen LogP contribution in [0.15, 0.2) is 28.7 Å². The normalized spacial score (nSPS) is 26.9. The number of aliphatic hydroxyl groups is 1. The highest BCUT2D eigenvalue weighted by Gasteiger charge is 2.43. The summed E-state index contributed by atoms with van der Waals surface area (Å²) in [4.78, 5) is 1.76. The maximum atomic E-state index is 10.7. The van der Waals surface area contributed by atoms with Crippen LogP contribution in [0.3, 0.4) is 0 Å². The third-order valence-corrected chi connectivity index (χ3v) is 3.75. The number of nitrogens with zero attached hydrogens (tertiary/aromatic N) is 1. The number of halogens is 1. The van der Waals surface area contributed by atoms with E-state index >= 15 is 0 Å². The van der Waals surface area contributed by atoms with E-state index < -0.39 is 5.72 Å². The van der Waals surface area contributed by atoms with Gasteiger partial charge in [0.05, 0.1) is 0 Å². The van der Waals surface area contributed by atoms with Gasteiger partial charge in [-0.1, -0.05) is 22.0 Å². The van der Waals surface area contributed by atoms with Crippen LogP contribution < -0.4 is 10.2 Å². The summed E-state index contributed by atoms with van der Waals surface area (Å²) in [7, 11) is 0. The fraction of sp³-hybridized carbons (Fsp3) is 0.462. The van der Waals surface area contributed by atoms with E-state index in [9.17, 15) is 5.11 Å². The maximum Gasteiger partial charge on any atom is 0.176 e. The first-order valence-electron chi connectivity index (χ1n) is 5.82. The Morgan fingerprint density at radius 2 is 2.06 bits per heavy atom. The lowest BCUT2D eigenvalue weighted by Gasteiger charge is -2.49. The van der Waals surface area contributed by atoms with E-state index in [0.717, 1.165) is 10.2 Å². The highest BCUT2D eigenvalue weighted by Crippen LogP contribution is 2.34. The molecule has 1 unspecified atom stereocenters. The van der Waals surface area contributed by atoms with Crippen LogP contribution in [0, 0.1) is 0 Å². The van der Waals surface area contributed by atoms with Crippen molar-refractivity contribution >= 4 is 38.9 Å². The molecule has 0 amide bonds. The summed E-state index contributed by atoms with van der Waals surface area (Å²) >= 11 is 8.83. The van der Waals surface area contributed by atoms with Crippen molar-refractivity contribution < 1.29 is 5.11 Å². The Labute approximate surface area is 121 Å². The van der Waals surface area contributed by atoms with Gasteiger partial charge in [0.1, 0.15) is 5.72 Å². The molecule has 1 fully saturated rings. The molecule has 0 aliphatic carbocycles. The van der Waals surface area contributed by atoms with Crippen LogP contribution in [0.4, 0.5) is 5.69 Å². The summed E-state index contributed by atoms with van der Waals surface area (Å²) in [5.74, 6) is 0. The van der Waals surface area contributed by atoms with Crippen molar-refractivity contribution in [1.82, 2.24) is 5.32 Å². The molecule has 1 heterocycles. The van der Waals surface area contributed by atoms with Crippen LogP contribution in [-0.4, -0.2) is 21.5 Å². The minimum atomic E-state index is -0.993. The largest absolute Gasteiger partial charge is 0.371 e.